The molecule has 4 aliphatic carbocycles. The number of allylic oxidation sites excluding steroid dienone is 2. The van der Waals surface area contributed by atoms with E-state index < -0.39 is 0 Å². The second kappa shape index (κ2) is 5.49. The third-order valence-electron chi connectivity index (χ3n) is 8.70. The number of aliphatic hydroxyl groups excluding tert-OH is 1. The van der Waals surface area contributed by atoms with Crippen LogP contribution in [0.5, 0.6) is 0 Å². The maximum absolute atomic E-state index is 10.3. The van der Waals surface area contributed by atoms with Gasteiger partial charge in [0, 0.05) is 5.38 Å². The molecule has 0 bridgehead atoms. The van der Waals surface area contributed by atoms with Crippen LogP contribution < -0.4 is 0 Å². The Bertz CT molecular complexity index is 512. The molecule has 0 aromatic heterocycles. The molecule has 0 aliphatic heterocycles. The molecule has 8 atom stereocenters. The normalized spacial score (nSPS) is 53.8. The summed E-state index contributed by atoms with van der Waals surface area (Å²) in [6.07, 6.45) is 12.6. The van der Waals surface area contributed by atoms with E-state index in [2.05, 4.69) is 19.9 Å². The Labute approximate surface area is 146 Å². The molecule has 4 rings (SSSR count). The molecule has 1 nitrogen and oxygen atoms in total. The molecular weight excluding hydrogens is 304 g/mol. The maximum atomic E-state index is 10.3. The van der Waals surface area contributed by atoms with Crippen LogP contribution in [0.2, 0.25) is 0 Å². The summed E-state index contributed by atoms with van der Waals surface area (Å²) in [5, 5.41) is 10.7. The predicted octanol–water partition coefficient (Wildman–Crippen LogP) is 5.55. The van der Waals surface area contributed by atoms with E-state index in [-0.39, 0.29) is 6.10 Å². The largest absolute Gasteiger partial charge is 0.393 e. The van der Waals surface area contributed by atoms with Crippen LogP contribution in [-0.2, 0) is 0 Å². The Balaban J connectivity index is 1.65. The first kappa shape index (κ1) is 16.5. The molecule has 1 N–H and O–H groups in total. The van der Waals surface area contributed by atoms with Crippen molar-refractivity contribution in [2.24, 2.45) is 34.5 Å². The van der Waals surface area contributed by atoms with Crippen LogP contribution in [0.3, 0.4) is 0 Å². The van der Waals surface area contributed by atoms with Gasteiger partial charge in [-0.2, -0.15) is 0 Å². The minimum Gasteiger partial charge on any atom is -0.393 e. The van der Waals surface area contributed by atoms with Crippen LogP contribution in [-0.4, -0.2) is 16.6 Å². The minimum absolute atomic E-state index is 0.140. The van der Waals surface area contributed by atoms with Crippen molar-refractivity contribution in [3.8, 4) is 0 Å². The monoisotopic (exact) mass is 336 g/mol. The average Bonchev–Trinajstić information content (AvgIpc) is 2.85. The van der Waals surface area contributed by atoms with Crippen LogP contribution in [0.4, 0.5) is 0 Å². The van der Waals surface area contributed by atoms with E-state index in [4.69, 9.17) is 11.6 Å². The zero-order valence-electron chi connectivity index (χ0n) is 15.0. The van der Waals surface area contributed by atoms with Gasteiger partial charge in [-0.1, -0.05) is 25.5 Å². The van der Waals surface area contributed by atoms with Crippen LogP contribution in [0, 0.1) is 34.5 Å². The Morgan fingerprint density at radius 2 is 1.91 bits per heavy atom. The second-order valence-electron chi connectivity index (χ2n) is 9.57. The summed E-state index contributed by atoms with van der Waals surface area (Å²) in [4.78, 5) is 0. The highest BCUT2D eigenvalue weighted by Gasteiger charge is 2.59. The zero-order valence-corrected chi connectivity index (χ0v) is 15.8. The summed E-state index contributed by atoms with van der Waals surface area (Å²) in [7, 11) is 0. The highest BCUT2D eigenvalue weighted by molar-refractivity contribution is 6.20. The number of halogens is 1. The van der Waals surface area contributed by atoms with E-state index in [1.165, 1.54) is 44.9 Å². The van der Waals surface area contributed by atoms with Crippen molar-refractivity contribution in [3.63, 3.8) is 0 Å². The molecule has 0 aromatic carbocycles. The average molecular weight is 337 g/mol. The third-order valence-corrected chi connectivity index (χ3v) is 9.07. The van der Waals surface area contributed by atoms with Crippen molar-refractivity contribution < 1.29 is 5.11 Å². The van der Waals surface area contributed by atoms with E-state index >= 15 is 0 Å². The van der Waals surface area contributed by atoms with Crippen LogP contribution >= 0.6 is 11.6 Å². The lowest BCUT2D eigenvalue weighted by atomic mass is 9.47. The lowest BCUT2D eigenvalue weighted by Crippen LogP contribution is -2.51. The standard InChI is InChI=1S/C21H33ClO/c1-13(23)17-6-7-18-16-5-4-14-12-15(22)8-10-20(14,2)19(16)9-11-21(17,18)3/h4,13,15-19,23H,5-12H2,1-3H3/t13-,15+,16-,17+,18+,19-,20+,21-/m1/s1. The number of rotatable bonds is 1. The summed E-state index contributed by atoms with van der Waals surface area (Å²) < 4.78 is 0. The van der Waals surface area contributed by atoms with Gasteiger partial charge in [0.2, 0.25) is 0 Å². The number of alkyl halides is 1. The van der Waals surface area contributed by atoms with Gasteiger partial charge in [0.15, 0.2) is 0 Å². The Kier molecular flexibility index (Phi) is 3.93. The van der Waals surface area contributed by atoms with Crippen LogP contribution in [0.15, 0.2) is 11.6 Å². The van der Waals surface area contributed by atoms with E-state index in [0.29, 0.717) is 22.1 Å². The van der Waals surface area contributed by atoms with Gasteiger partial charge >= 0.3 is 0 Å². The van der Waals surface area contributed by atoms with Gasteiger partial charge in [0.25, 0.3) is 0 Å². The predicted molar refractivity (Wildman–Crippen MR) is 96.5 cm³/mol. The van der Waals surface area contributed by atoms with E-state index in [0.717, 1.165) is 24.2 Å². The zero-order chi connectivity index (χ0) is 16.4. The first-order chi connectivity index (χ1) is 10.9. The fraction of sp³-hybridized carbons (Fsp3) is 0.905. The molecule has 0 spiro atoms. The van der Waals surface area contributed by atoms with Gasteiger partial charge in [-0.15, -0.1) is 11.6 Å². The van der Waals surface area contributed by atoms with Crippen LogP contribution in [0.1, 0.15) is 72.1 Å². The number of fused-ring (bicyclic) bond motifs is 5. The van der Waals surface area contributed by atoms with Crippen LogP contribution in [0.25, 0.3) is 0 Å². The Morgan fingerprint density at radius 3 is 2.65 bits per heavy atom. The van der Waals surface area contributed by atoms with Crippen molar-refractivity contribution in [3.05, 3.63) is 11.6 Å². The summed E-state index contributed by atoms with van der Waals surface area (Å²) in [5.74, 6) is 3.05. The quantitative estimate of drug-likeness (QED) is 0.491. The molecule has 0 saturated heterocycles. The minimum atomic E-state index is -0.140. The molecule has 130 valence electrons. The van der Waals surface area contributed by atoms with Gasteiger partial charge in [-0.25, -0.2) is 0 Å². The van der Waals surface area contributed by atoms with Crippen molar-refractivity contribution in [1.82, 2.24) is 0 Å². The molecule has 0 radical (unpaired) electrons. The van der Waals surface area contributed by atoms with E-state index in [1.807, 2.05) is 6.92 Å². The molecule has 3 saturated carbocycles. The van der Waals surface area contributed by atoms with Crippen molar-refractivity contribution >= 4 is 11.6 Å². The van der Waals surface area contributed by atoms with E-state index in [9.17, 15) is 5.11 Å². The first-order valence-electron chi connectivity index (χ1n) is 9.88. The lowest BCUT2D eigenvalue weighted by Gasteiger charge is -2.58. The highest BCUT2D eigenvalue weighted by Crippen LogP contribution is 2.66. The van der Waals surface area contributed by atoms with Gasteiger partial charge in [-0.3, -0.25) is 0 Å². The smallest absolute Gasteiger partial charge is 0.0545 e. The second-order valence-corrected chi connectivity index (χ2v) is 10.2. The number of hydrogen-bond donors (Lipinski definition) is 1. The molecular formula is C21H33ClO. The summed E-state index contributed by atoms with van der Waals surface area (Å²) in [6.45, 7) is 7.06. The Morgan fingerprint density at radius 1 is 1.13 bits per heavy atom. The molecule has 23 heavy (non-hydrogen) atoms. The maximum Gasteiger partial charge on any atom is 0.0545 e. The van der Waals surface area contributed by atoms with Crippen molar-refractivity contribution in [2.75, 3.05) is 0 Å². The SMILES string of the molecule is C[C@@H](O)[C@@H]1CC[C@H]2[C@H]3CC=C4C[C@@H](Cl)CC[C@]4(C)[C@@H]3CC[C@@]21C. The molecule has 3 fully saturated rings. The lowest BCUT2D eigenvalue weighted by molar-refractivity contribution is -0.0618. The van der Waals surface area contributed by atoms with E-state index in [1.54, 1.807) is 5.57 Å². The first-order valence-corrected chi connectivity index (χ1v) is 10.3. The fourth-order valence-corrected chi connectivity index (χ4v) is 7.72. The molecule has 0 unspecified atom stereocenters. The third kappa shape index (κ3) is 2.29. The summed E-state index contributed by atoms with van der Waals surface area (Å²) in [6, 6.07) is 0. The molecule has 2 heteroatoms. The molecule has 0 aromatic rings. The van der Waals surface area contributed by atoms with Gasteiger partial charge in [-0.05, 0) is 92.8 Å². The Hall–Kier alpha value is -0.0100. The van der Waals surface area contributed by atoms with Gasteiger partial charge in [0.05, 0.1) is 6.10 Å². The number of aliphatic hydroxyl groups is 1. The molecule has 0 amide bonds. The summed E-state index contributed by atoms with van der Waals surface area (Å²) in [5.41, 5.74) is 2.47. The van der Waals surface area contributed by atoms with Gasteiger partial charge in [0.1, 0.15) is 0 Å². The fourth-order valence-electron chi connectivity index (χ4n) is 7.45. The molecule has 0 heterocycles. The summed E-state index contributed by atoms with van der Waals surface area (Å²) >= 11 is 6.47. The van der Waals surface area contributed by atoms with Crippen molar-refractivity contribution in [1.29, 1.82) is 0 Å². The topological polar surface area (TPSA) is 20.2 Å². The highest BCUT2D eigenvalue weighted by atomic mass is 35.5. The van der Waals surface area contributed by atoms with Gasteiger partial charge < -0.3 is 5.11 Å². The molecule has 4 aliphatic rings. The van der Waals surface area contributed by atoms with Crippen molar-refractivity contribution in [2.45, 2.75) is 83.6 Å². The number of hydrogen-bond acceptors (Lipinski definition) is 1.